The number of carbonyl (C=O) groups is 1. The summed E-state index contributed by atoms with van der Waals surface area (Å²) in [4.78, 5) is 24.2. The third-order valence-corrected chi connectivity index (χ3v) is 3.64. The van der Waals surface area contributed by atoms with E-state index in [1.807, 2.05) is 11.0 Å². The number of anilines is 2. The highest BCUT2D eigenvalue weighted by Gasteiger charge is 2.26. The number of carbonyl (C=O) groups excluding carboxylic acids is 1. The second-order valence-corrected chi connectivity index (χ2v) is 4.90. The molecule has 2 heterocycles. The third kappa shape index (κ3) is 2.32. The second-order valence-electron chi connectivity index (χ2n) is 4.90. The number of hydrogen-bond donors (Lipinski definition) is 1. The van der Waals surface area contributed by atoms with E-state index in [0.29, 0.717) is 50.5 Å². The van der Waals surface area contributed by atoms with Crippen molar-refractivity contribution >= 4 is 23.0 Å². The van der Waals surface area contributed by atoms with Gasteiger partial charge in [0, 0.05) is 25.6 Å². The van der Waals surface area contributed by atoms with Crippen molar-refractivity contribution in [2.24, 2.45) is 0 Å². The Balaban J connectivity index is 2.03. The lowest BCUT2D eigenvalue weighted by Crippen LogP contribution is -2.36. The summed E-state index contributed by atoms with van der Waals surface area (Å²) < 4.78 is 5.28. The summed E-state index contributed by atoms with van der Waals surface area (Å²) in [7, 11) is 0. The maximum absolute atomic E-state index is 11.4. The first-order valence-electron chi connectivity index (χ1n) is 6.59. The lowest BCUT2D eigenvalue weighted by atomic mass is 10.0. The van der Waals surface area contributed by atoms with Gasteiger partial charge < -0.3 is 15.0 Å². The third-order valence-electron chi connectivity index (χ3n) is 3.64. The van der Waals surface area contributed by atoms with Gasteiger partial charge in [0.2, 0.25) is 5.91 Å². The number of benzene rings is 1. The van der Waals surface area contributed by atoms with Crippen LogP contribution in [0.1, 0.15) is 12.0 Å². The molecule has 0 radical (unpaired) electrons. The number of nitrogens with zero attached hydrogens (tertiary/aromatic N) is 2. The number of nitro groups is 1. The normalized spacial score (nSPS) is 18.4. The molecule has 1 aromatic carbocycles. The highest BCUT2D eigenvalue weighted by Crippen LogP contribution is 2.36. The predicted molar refractivity (Wildman–Crippen MR) is 73.1 cm³/mol. The van der Waals surface area contributed by atoms with Crippen LogP contribution in [0.5, 0.6) is 0 Å². The molecule has 1 fully saturated rings. The maximum Gasteiger partial charge on any atom is 0.294 e. The molecule has 1 saturated heterocycles. The number of nitrogens with one attached hydrogen (secondary N) is 1. The minimum atomic E-state index is -0.397. The van der Waals surface area contributed by atoms with Crippen LogP contribution in [0.4, 0.5) is 17.1 Å². The summed E-state index contributed by atoms with van der Waals surface area (Å²) in [6, 6.07) is 3.30. The molecule has 0 aliphatic carbocycles. The topological polar surface area (TPSA) is 84.7 Å². The fraction of sp³-hybridized carbons (Fsp3) is 0.462. The molecule has 106 valence electrons. The van der Waals surface area contributed by atoms with Crippen LogP contribution in [0.2, 0.25) is 0 Å². The Kier molecular flexibility index (Phi) is 3.27. The largest absolute Gasteiger partial charge is 0.378 e. The first-order chi connectivity index (χ1) is 9.65. The molecule has 2 aliphatic rings. The minimum Gasteiger partial charge on any atom is -0.378 e. The molecular weight excluding hydrogens is 262 g/mol. The first-order valence-corrected chi connectivity index (χ1v) is 6.59. The zero-order valence-electron chi connectivity index (χ0n) is 10.9. The average molecular weight is 277 g/mol. The monoisotopic (exact) mass is 277 g/mol. The Hall–Kier alpha value is -2.15. The molecule has 7 heteroatoms. The van der Waals surface area contributed by atoms with E-state index < -0.39 is 4.92 Å². The van der Waals surface area contributed by atoms with Crippen molar-refractivity contribution in [3.8, 4) is 0 Å². The van der Waals surface area contributed by atoms with Gasteiger partial charge in [-0.15, -0.1) is 0 Å². The molecular formula is C13H15N3O4. The van der Waals surface area contributed by atoms with E-state index in [2.05, 4.69) is 5.32 Å². The van der Waals surface area contributed by atoms with E-state index in [9.17, 15) is 14.9 Å². The quantitative estimate of drug-likeness (QED) is 0.651. The van der Waals surface area contributed by atoms with Crippen LogP contribution >= 0.6 is 0 Å². The van der Waals surface area contributed by atoms with E-state index in [1.165, 1.54) is 6.07 Å². The second kappa shape index (κ2) is 5.09. The van der Waals surface area contributed by atoms with Crippen molar-refractivity contribution < 1.29 is 14.5 Å². The highest BCUT2D eigenvalue weighted by molar-refractivity contribution is 5.95. The number of aryl methyl sites for hydroxylation is 1. The summed E-state index contributed by atoms with van der Waals surface area (Å²) in [5.74, 6) is -0.0917. The van der Waals surface area contributed by atoms with Crippen molar-refractivity contribution in [3.05, 3.63) is 27.8 Å². The Labute approximate surface area is 115 Å². The lowest BCUT2D eigenvalue weighted by molar-refractivity contribution is -0.384. The van der Waals surface area contributed by atoms with Crippen LogP contribution in [0, 0.1) is 10.1 Å². The standard InChI is InChI=1S/C13H15N3O4/c17-13-2-1-9-7-11(15-3-5-20-6-4-15)12(16(18)19)8-10(9)14-13/h7-8H,1-6H2,(H,14,17). The molecule has 0 saturated carbocycles. The number of morpholine rings is 1. The van der Waals surface area contributed by atoms with E-state index in [-0.39, 0.29) is 11.6 Å². The van der Waals surface area contributed by atoms with E-state index >= 15 is 0 Å². The van der Waals surface area contributed by atoms with Crippen molar-refractivity contribution in [1.82, 2.24) is 0 Å². The number of amides is 1. The fourth-order valence-corrected chi connectivity index (χ4v) is 2.61. The number of ether oxygens (including phenoxy) is 1. The SMILES string of the molecule is O=C1CCc2cc(N3CCOCC3)c([N+](=O)[O-])cc2N1. The smallest absolute Gasteiger partial charge is 0.294 e. The van der Waals surface area contributed by atoms with Crippen molar-refractivity contribution in [1.29, 1.82) is 0 Å². The molecule has 1 aromatic rings. The summed E-state index contributed by atoms with van der Waals surface area (Å²) in [5, 5.41) is 14.0. The Morgan fingerprint density at radius 1 is 1.25 bits per heavy atom. The molecule has 3 rings (SSSR count). The van der Waals surface area contributed by atoms with E-state index in [4.69, 9.17) is 4.74 Å². The lowest BCUT2D eigenvalue weighted by Gasteiger charge is -2.29. The zero-order chi connectivity index (χ0) is 14.1. The van der Waals surface area contributed by atoms with Crippen LogP contribution in [0.15, 0.2) is 12.1 Å². The summed E-state index contributed by atoms with van der Waals surface area (Å²) in [5.41, 5.74) is 2.17. The number of nitro benzene ring substituents is 1. The van der Waals surface area contributed by atoms with Crippen molar-refractivity contribution in [2.75, 3.05) is 36.5 Å². The molecule has 7 nitrogen and oxygen atoms in total. The van der Waals surface area contributed by atoms with Gasteiger partial charge in [-0.25, -0.2) is 0 Å². The Morgan fingerprint density at radius 3 is 2.70 bits per heavy atom. The molecule has 1 N–H and O–H groups in total. The van der Waals surface area contributed by atoms with Gasteiger partial charge in [-0.2, -0.15) is 0 Å². The Bertz CT molecular complexity index is 567. The predicted octanol–water partition coefficient (Wildman–Crippen LogP) is 1.32. The summed E-state index contributed by atoms with van der Waals surface area (Å²) >= 11 is 0. The maximum atomic E-state index is 11.4. The van der Waals surface area contributed by atoms with Gasteiger partial charge in [0.15, 0.2) is 0 Å². The van der Waals surface area contributed by atoms with Crippen LogP contribution in [0.3, 0.4) is 0 Å². The molecule has 0 bridgehead atoms. The van der Waals surface area contributed by atoms with Gasteiger partial charge in [0.1, 0.15) is 5.69 Å². The molecule has 20 heavy (non-hydrogen) atoms. The van der Waals surface area contributed by atoms with Crippen LogP contribution in [0.25, 0.3) is 0 Å². The Morgan fingerprint density at radius 2 is 2.00 bits per heavy atom. The highest BCUT2D eigenvalue weighted by atomic mass is 16.6. The van der Waals surface area contributed by atoms with Crippen LogP contribution in [-0.2, 0) is 16.0 Å². The molecule has 0 unspecified atom stereocenters. The molecule has 2 aliphatic heterocycles. The fourth-order valence-electron chi connectivity index (χ4n) is 2.61. The molecule has 1 amide bonds. The van der Waals surface area contributed by atoms with Crippen LogP contribution in [-0.4, -0.2) is 37.1 Å². The molecule has 0 aromatic heterocycles. The summed E-state index contributed by atoms with van der Waals surface area (Å²) in [6.07, 6.45) is 1.05. The molecule has 0 atom stereocenters. The number of fused-ring (bicyclic) bond motifs is 1. The van der Waals surface area contributed by atoms with Crippen molar-refractivity contribution in [2.45, 2.75) is 12.8 Å². The summed E-state index contributed by atoms with van der Waals surface area (Å²) in [6.45, 7) is 2.44. The van der Waals surface area contributed by atoms with Gasteiger partial charge in [-0.1, -0.05) is 0 Å². The van der Waals surface area contributed by atoms with Gasteiger partial charge in [0.25, 0.3) is 5.69 Å². The van der Waals surface area contributed by atoms with Gasteiger partial charge in [-0.05, 0) is 18.1 Å². The van der Waals surface area contributed by atoms with Gasteiger partial charge >= 0.3 is 0 Å². The van der Waals surface area contributed by atoms with Crippen molar-refractivity contribution in [3.63, 3.8) is 0 Å². The van der Waals surface area contributed by atoms with E-state index in [1.54, 1.807) is 0 Å². The first kappa shape index (κ1) is 12.9. The van der Waals surface area contributed by atoms with Gasteiger partial charge in [0.05, 0.1) is 23.8 Å². The number of rotatable bonds is 2. The minimum absolute atomic E-state index is 0.0350. The number of hydrogen-bond acceptors (Lipinski definition) is 5. The van der Waals surface area contributed by atoms with Gasteiger partial charge in [-0.3, -0.25) is 14.9 Å². The molecule has 0 spiro atoms. The average Bonchev–Trinajstić information content (AvgIpc) is 2.46. The van der Waals surface area contributed by atoms with Crippen LogP contribution < -0.4 is 10.2 Å². The van der Waals surface area contributed by atoms with E-state index in [0.717, 1.165) is 5.56 Å². The zero-order valence-corrected chi connectivity index (χ0v) is 10.9.